The van der Waals surface area contributed by atoms with E-state index in [1.165, 1.54) is 12.2 Å². The van der Waals surface area contributed by atoms with Crippen LogP contribution in [-0.2, 0) is 14.4 Å². The molecule has 4 rings (SSSR count). The molecule has 184 valence electrons. The van der Waals surface area contributed by atoms with Crippen LogP contribution in [0.25, 0.3) is 11.1 Å². The fraction of sp³-hybridized carbons (Fsp3) is 0.258. The van der Waals surface area contributed by atoms with Crippen molar-refractivity contribution in [3.8, 4) is 0 Å². The maximum atomic E-state index is 14.0. The Morgan fingerprint density at radius 2 is 0.972 bits per heavy atom. The average Bonchev–Trinajstić information content (AvgIpc) is 2.87. The minimum Gasteiger partial charge on any atom is -0.309 e. The molecule has 0 heterocycles. The number of Topliss-reactive ketones (excluding diaryl/α,β-unsaturated/α-hetero) is 3. The van der Waals surface area contributed by atoms with Crippen molar-refractivity contribution in [1.82, 2.24) is 0 Å². The summed E-state index contributed by atoms with van der Waals surface area (Å²) in [6.45, 7) is 7.54. The van der Waals surface area contributed by atoms with Gasteiger partial charge in [-0.3, -0.25) is 14.4 Å². The molecule has 36 heavy (non-hydrogen) atoms. The van der Waals surface area contributed by atoms with Crippen LogP contribution in [0.15, 0.2) is 96.1 Å². The predicted octanol–water partition coefficient (Wildman–Crippen LogP) is 4.45. The molecular weight excluding hydrogens is 448 g/mol. The Bertz CT molecular complexity index is 1240. The molecule has 2 atom stereocenters. The van der Waals surface area contributed by atoms with E-state index in [1.54, 1.807) is 12.2 Å². The molecule has 0 amide bonds. The smallest absolute Gasteiger partial charge is 0.196 e. The van der Waals surface area contributed by atoms with Gasteiger partial charge in [-0.25, -0.2) is 0 Å². The van der Waals surface area contributed by atoms with Crippen molar-refractivity contribution in [1.29, 1.82) is 0 Å². The second kappa shape index (κ2) is 9.41. The number of ketones is 3. The van der Waals surface area contributed by atoms with E-state index in [0.29, 0.717) is 11.1 Å². The lowest BCUT2D eigenvalue weighted by Gasteiger charge is -2.38. The van der Waals surface area contributed by atoms with Gasteiger partial charge >= 0.3 is 0 Å². The highest BCUT2D eigenvalue weighted by atomic mass is 16.2. The van der Waals surface area contributed by atoms with Gasteiger partial charge in [0, 0.05) is 11.1 Å². The maximum Gasteiger partial charge on any atom is 0.196 e. The Hall–Kier alpha value is -3.67. The second-order valence-corrected chi connectivity index (χ2v) is 10.1. The molecule has 0 spiro atoms. The van der Waals surface area contributed by atoms with E-state index < -0.39 is 28.4 Å². The highest BCUT2D eigenvalue weighted by Crippen LogP contribution is 2.38. The van der Waals surface area contributed by atoms with Gasteiger partial charge in [-0.2, -0.15) is 0 Å². The van der Waals surface area contributed by atoms with Gasteiger partial charge in [-0.05, 0) is 46.3 Å². The van der Waals surface area contributed by atoms with Crippen LogP contribution < -0.4 is 11.5 Å². The zero-order valence-corrected chi connectivity index (χ0v) is 21.1. The van der Waals surface area contributed by atoms with Crippen LogP contribution in [-0.4, -0.2) is 28.4 Å². The highest BCUT2D eigenvalue weighted by molar-refractivity contribution is 6.34. The summed E-state index contributed by atoms with van der Waals surface area (Å²) in [4.78, 5) is 41.7. The van der Waals surface area contributed by atoms with Gasteiger partial charge < -0.3 is 11.5 Å². The molecule has 0 aromatic heterocycles. The van der Waals surface area contributed by atoms with Crippen LogP contribution in [0, 0.1) is 11.8 Å². The van der Waals surface area contributed by atoms with Crippen molar-refractivity contribution in [2.45, 2.75) is 38.8 Å². The summed E-state index contributed by atoms with van der Waals surface area (Å²) in [5.41, 5.74) is 13.0. The number of nitrogens with two attached hydrogens (primary N) is 2. The molecule has 0 bridgehead atoms. The van der Waals surface area contributed by atoms with E-state index >= 15 is 0 Å². The molecule has 2 unspecified atom stereocenters. The van der Waals surface area contributed by atoms with Crippen LogP contribution in [0.5, 0.6) is 0 Å². The topological polar surface area (TPSA) is 103 Å². The highest BCUT2D eigenvalue weighted by Gasteiger charge is 2.55. The number of hydrogen-bond donors (Lipinski definition) is 2. The van der Waals surface area contributed by atoms with Gasteiger partial charge in [0.1, 0.15) is 0 Å². The van der Waals surface area contributed by atoms with Crippen molar-refractivity contribution >= 4 is 28.5 Å². The first-order chi connectivity index (χ1) is 17.0. The molecule has 0 saturated carbocycles. The molecule has 2 aliphatic rings. The van der Waals surface area contributed by atoms with Gasteiger partial charge in [-0.15, -0.1) is 0 Å². The first kappa shape index (κ1) is 25.4. The molecule has 2 aliphatic carbocycles. The van der Waals surface area contributed by atoms with E-state index in [9.17, 15) is 14.4 Å². The van der Waals surface area contributed by atoms with E-state index in [4.69, 9.17) is 11.5 Å². The molecule has 2 aromatic rings. The maximum absolute atomic E-state index is 14.0. The van der Waals surface area contributed by atoms with Gasteiger partial charge in [0.2, 0.25) is 0 Å². The summed E-state index contributed by atoms with van der Waals surface area (Å²) in [5, 5.41) is 0. The molecule has 4 N–H and O–H groups in total. The Labute approximate surface area is 212 Å². The molecule has 5 heteroatoms. The van der Waals surface area contributed by atoms with Crippen molar-refractivity contribution in [2.75, 3.05) is 0 Å². The number of carbonyl (C=O) groups excluding carboxylic acids is 3. The van der Waals surface area contributed by atoms with E-state index in [2.05, 4.69) is 0 Å². The van der Waals surface area contributed by atoms with E-state index in [1.807, 2.05) is 88.4 Å². The SMILES string of the molecule is CC(C)C1=C(c2ccccc2)C=CC(N)(C(=O)C2(N)C=CC(c3ccccc3)=C(C(C)C)C2=O)C1=O. The Kier molecular flexibility index (Phi) is 6.65. The average molecular weight is 481 g/mol. The summed E-state index contributed by atoms with van der Waals surface area (Å²) >= 11 is 0. The van der Waals surface area contributed by atoms with Crippen LogP contribution in [0.2, 0.25) is 0 Å². The van der Waals surface area contributed by atoms with Crippen LogP contribution in [0.3, 0.4) is 0 Å². The fourth-order valence-corrected chi connectivity index (χ4v) is 5.04. The minimum absolute atomic E-state index is 0.199. The van der Waals surface area contributed by atoms with Gasteiger partial charge in [-0.1, -0.05) is 101 Å². The number of rotatable bonds is 6. The van der Waals surface area contributed by atoms with Crippen LogP contribution in [0.1, 0.15) is 38.8 Å². The third-order valence-corrected chi connectivity index (χ3v) is 6.92. The summed E-state index contributed by atoms with van der Waals surface area (Å²) in [6, 6.07) is 19.0. The van der Waals surface area contributed by atoms with Crippen molar-refractivity contribution in [2.24, 2.45) is 23.3 Å². The molecule has 0 radical (unpaired) electrons. The zero-order valence-electron chi connectivity index (χ0n) is 21.1. The number of hydrogen-bond acceptors (Lipinski definition) is 5. The fourth-order valence-electron chi connectivity index (χ4n) is 5.04. The summed E-state index contributed by atoms with van der Waals surface area (Å²) < 4.78 is 0. The third kappa shape index (κ3) is 4.04. The monoisotopic (exact) mass is 480 g/mol. The molecule has 0 saturated heterocycles. The standard InChI is InChI=1S/C31H32N2O3/c1-19(2)25-23(21-11-7-5-8-12-21)15-17-30(32,27(25)34)29(36)31(33)18-16-24(22-13-9-6-10-14-22)26(20(3)4)28(31)35/h5-20H,32-33H2,1-4H3. The van der Waals surface area contributed by atoms with Crippen LogP contribution in [0.4, 0.5) is 0 Å². The minimum atomic E-state index is -2.06. The first-order valence-electron chi connectivity index (χ1n) is 12.2. The van der Waals surface area contributed by atoms with E-state index in [-0.39, 0.29) is 11.8 Å². The number of carbonyl (C=O) groups is 3. The Balaban J connectivity index is 1.78. The van der Waals surface area contributed by atoms with Gasteiger partial charge in [0.25, 0.3) is 0 Å². The molecule has 0 fully saturated rings. The lowest BCUT2D eigenvalue weighted by molar-refractivity contribution is -0.136. The van der Waals surface area contributed by atoms with Crippen LogP contribution >= 0.6 is 0 Å². The zero-order chi connectivity index (χ0) is 26.3. The third-order valence-electron chi connectivity index (χ3n) is 6.92. The van der Waals surface area contributed by atoms with Crippen molar-refractivity contribution in [3.05, 3.63) is 107 Å². The predicted molar refractivity (Wildman–Crippen MR) is 144 cm³/mol. The summed E-state index contributed by atoms with van der Waals surface area (Å²) in [7, 11) is 0. The molecule has 5 nitrogen and oxygen atoms in total. The largest absolute Gasteiger partial charge is 0.309 e. The van der Waals surface area contributed by atoms with Gasteiger partial charge in [0.05, 0.1) is 0 Å². The van der Waals surface area contributed by atoms with Crippen molar-refractivity contribution < 1.29 is 14.4 Å². The van der Waals surface area contributed by atoms with E-state index in [0.717, 1.165) is 22.3 Å². The summed E-state index contributed by atoms with van der Waals surface area (Å²) in [5.74, 6) is -2.28. The molecular formula is C31H32N2O3. The lowest BCUT2D eigenvalue weighted by atomic mass is 9.66. The second-order valence-electron chi connectivity index (χ2n) is 10.1. The molecule has 0 aliphatic heterocycles. The molecule has 2 aromatic carbocycles. The Morgan fingerprint density at radius 1 is 0.639 bits per heavy atom. The lowest BCUT2D eigenvalue weighted by Crippen LogP contribution is -2.68. The van der Waals surface area contributed by atoms with Gasteiger partial charge in [0.15, 0.2) is 28.4 Å². The number of benzene rings is 2. The normalized spacial score (nSPS) is 24.3. The Morgan fingerprint density at radius 3 is 1.28 bits per heavy atom. The number of allylic oxidation sites excluding steroid dienone is 4. The quantitative estimate of drug-likeness (QED) is 0.595. The van der Waals surface area contributed by atoms with Crippen molar-refractivity contribution in [3.63, 3.8) is 0 Å². The summed E-state index contributed by atoms with van der Waals surface area (Å²) in [6.07, 6.45) is 6.21. The first-order valence-corrected chi connectivity index (χ1v) is 12.2.